The van der Waals surface area contributed by atoms with Crippen LogP contribution in [0.1, 0.15) is 26.7 Å². The second kappa shape index (κ2) is 8.09. The van der Waals surface area contributed by atoms with Crippen molar-refractivity contribution in [2.24, 2.45) is 0 Å². The molecule has 110 valence electrons. The van der Waals surface area contributed by atoms with Gasteiger partial charge < -0.3 is 15.3 Å². The largest absolute Gasteiger partial charge is 0.394 e. The summed E-state index contributed by atoms with van der Waals surface area (Å²) in [6.45, 7) is 6.39. The molecule has 0 fully saturated rings. The van der Waals surface area contributed by atoms with E-state index in [4.69, 9.17) is 0 Å². The smallest absolute Gasteiger partial charge is 0.148 e. The van der Waals surface area contributed by atoms with Gasteiger partial charge in [0.05, 0.1) is 12.4 Å². The summed E-state index contributed by atoms with van der Waals surface area (Å²) in [6, 6.07) is 0. The molecule has 0 spiro atoms. The van der Waals surface area contributed by atoms with E-state index in [1.165, 1.54) is 6.26 Å². The van der Waals surface area contributed by atoms with E-state index < -0.39 is 9.84 Å². The summed E-state index contributed by atoms with van der Waals surface area (Å²) in [5, 5.41) is 12.6. The number of likely N-dealkylation sites (N-methyl/N-ethyl adjacent to an activating group) is 1. The van der Waals surface area contributed by atoms with E-state index >= 15 is 0 Å². The molecular weight excluding hydrogens is 252 g/mol. The van der Waals surface area contributed by atoms with Crippen LogP contribution in [0, 0.1) is 0 Å². The number of sulfone groups is 1. The van der Waals surface area contributed by atoms with Crippen molar-refractivity contribution in [2.75, 3.05) is 45.3 Å². The molecule has 1 unspecified atom stereocenters. The van der Waals surface area contributed by atoms with Gasteiger partial charge >= 0.3 is 0 Å². The Kier molecular flexibility index (Phi) is 8.02. The van der Waals surface area contributed by atoms with Gasteiger partial charge in [0.1, 0.15) is 9.84 Å². The molecule has 0 amide bonds. The molecule has 0 saturated heterocycles. The minimum absolute atomic E-state index is 0.119. The topological polar surface area (TPSA) is 69.6 Å². The Labute approximate surface area is 111 Å². The first-order valence-corrected chi connectivity index (χ1v) is 8.50. The van der Waals surface area contributed by atoms with E-state index in [0.717, 1.165) is 25.9 Å². The maximum Gasteiger partial charge on any atom is 0.148 e. The van der Waals surface area contributed by atoms with E-state index in [-0.39, 0.29) is 17.9 Å². The lowest BCUT2D eigenvalue weighted by atomic mass is 9.96. The zero-order chi connectivity index (χ0) is 14.2. The van der Waals surface area contributed by atoms with Crippen LogP contribution in [-0.4, -0.2) is 69.3 Å². The van der Waals surface area contributed by atoms with Crippen molar-refractivity contribution >= 4 is 9.84 Å². The lowest BCUT2D eigenvalue weighted by Gasteiger charge is -2.29. The molecule has 0 radical (unpaired) electrons. The Hall–Kier alpha value is -0.170. The number of nitrogens with one attached hydrogen (secondary N) is 1. The SMILES string of the molecule is CCNC(C)(CO)CCCN(C)CCS(C)(=O)=O. The summed E-state index contributed by atoms with van der Waals surface area (Å²) >= 11 is 0. The third-order valence-electron chi connectivity index (χ3n) is 3.06. The zero-order valence-corrected chi connectivity index (χ0v) is 12.9. The highest BCUT2D eigenvalue weighted by molar-refractivity contribution is 7.90. The summed E-state index contributed by atoms with van der Waals surface area (Å²) < 4.78 is 22.1. The Morgan fingerprint density at radius 2 is 1.94 bits per heavy atom. The normalized spacial score (nSPS) is 15.9. The summed E-state index contributed by atoms with van der Waals surface area (Å²) in [7, 11) is -0.955. The van der Waals surface area contributed by atoms with Crippen LogP contribution < -0.4 is 5.32 Å². The van der Waals surface area contributed by atoms with Crippen LogP contribution in [0.5, 0.6) is 0 Å². The molecule has 0 aromatic carbocycles. The number of aliphatic hydroxyl groups excluding tert-OH is 1. The van der Waals surface area contributed by atoms with Crippen LogP contribution in [-0.2, 0) is 9.84 Å². The second-order valence-corrected chi connectivity index (χ2v) is 7.55. The zero-order valence-electron chi connectivity index (χ0n) is 12.1. The molecule has 0 aliphatic heterocycles. The van der Waals surface area contributed by atoms with Gasteiger partial charge in [0.15, 0.2) is 0 Å². The minimum atomic E-state index is -2.88. The van der Waals surface area contributed by atoms with Crippen LogP contribution >= 0.6 is 0 Å². The molecule has 2 N–H and O–H groups in total. The monoisotopic (exact) mass is 280 g/mol. The van der Waals surface area contributed by atoms with Gasteiger partial charge in [-0.3, -0.25) is 0 Å². The molecule has 1 atom stereocenters. The van der Waals surface area contributed by atoms with Gasteiger partial charge in [-0.2, -0.15) is 0 Å². The van der Waals surface area contributed by atoms with Crippen LogP contribution in [0.15, 0.2) is 0 Å². The quantitative estimate of drug-likeness (QED) is 0.594. The van der Waals surface area contributed by atoms with Crippen LogP contribution in [0.4, 0.5) is 0 Å². The third-order valence-corrected chi connectivity index (χ3v) is 3.99. The van der Waals surface area contributed by atoms with Crippen LogP contribution in [0.3, 0.4) is 0 Å². The second-order valence-electron chi connectivity index (χ2n) is 5.29. The standard InChI is InChI=1S/C12H28N2O3S/c1-5-13-12(2,11-15)7-6-8-14(3)9-10-18(4,16)17/h13,15H,5-11H2,1-4H3. The number of aliphatic hydroxyl groups is 1. The molecular formula is C12H28N2O3S. The summed E-state index contributed by atoms with van der Waals surface area (Å²) in [5.41, 5.74) is -0.230. The highest BCUT2D eigenvalue weighted by Gasteiger charge is 2.21. The number of hydrogen-bond donors (Lipinski definition) is 2. The number of hydrogen-bond acceptors (Lipinski definition) is 5. The molecule has 0 heterocycles. The van der Waals surface area contributed by atoms with Crippen molar-refractivity contribution in [1.29, 1.82) is 0 Å². The van der Waals surface area contributed by atoms with Gasteiger partial charge in [-0.05, 0) is 39.9 Å². The van der Waals surface area contributed by atoms with Crippen LogP contribution in [0.2, 0.25) is 0 Å². The fourth-order valence-corrected chi connectivity index (χ4v) is 2.47. The Balaban J connectivity index is 3.89. The molecule has 0 bridgehead atoms. The van der Waals surface area contributed by atoms with Gasteiger partial charge in [-0.25, -0.2) is 8.42 Å². The molecule has 18 heavy (non-hydrogen) atoms. The first kappa shape index (κ1) is 17.8. The fourth-order valence-electron chi connectivity index (χ4n) is 1.82. The fraction of sp³-hybridized carbons (Fsp3) is 1.00. The predicted octanol–water partition coefficient (Wildman–Crippen LogP) is 0.104. The van der Waals surface area contributed by atoms with E-state index in [1.807, 2.05) is 25.8 Å². The van der Waals surface area contributed by atoms with Crippen LogP contribution in [0.25, 0.3) is 0 Å². The average molecular weight is 280 g/mol. The van der Waals surface area contributed by atoms with E-state index in [1.54, 1.807) is 0 Å². The number of nitrogens with zero attached hydrogens (tertiary/aromatic N) is 1. The molecule has 0 aromatic heterocycles. The molecule has 0 rings (SSSR count). The van der Waals surface area contributed by atoms with Crippen molar-refractivity contribution in [3.05, 3.63) is 0 Å². The van der Waals surface area contributed by atoms with Crippen molar-refractivity contribution in [1.82, 2.24) is 10.2 Å². The maximum atomic E-state index is 11.0. The molecule has 0 aliphatic rings. The van der Waals surface area contributed by atoms with Gasteiger partial charge in [-0.15, -0.1) is 0 Å². The average Bonchev–Trinajstić information content (AvgIpc) is 2.26. The summed E-state index contributed by atoms with van der Waals surface area (Å²) in [5.74, 6) is 0.202. The van der Waals surface area contributed by atoms with Crippen molar-refractivity contribution in [3.8, 4) is 0 Å². The Bertz CT molecular complexity index is 319. The lowest BCUT2D eigenvalue weighted by molar-refractivity contribution is 0.161. The summed E-state index contributed by atoms with van der Waals surface area (Å²) in [4.78, 5) is 2.02. The maximum absolute atomic E-state index is 11.0. The van der Waals surface area contributed by atoms with E-state index in [9.17, 15) is 13.5 Å². The Morgan fingerprint density at radius 1 is 1.33 bits per heavy atom. The summed E-state index contributed by atoms with van der Waals surface area (Å²) in [6.07, 6.45) is 3.07. The van der Waals surface area contributed by atoms with Crippen molar-refractivity contribution < 1.29 is 13.5 Å². The van der Waals surface area contributed by atoms with E-state index in [0.29, 0.717) is 6.54 Å². The highest BCUT2D eigenvalue weighted by Crippen LogP contribution is 2.11. The molecule has 5 nitrogen and oxygen atoms in total. The molecule has 0 aromatic rings. The Morgan fingerprint density at radius 3 is 2.39 bits per heavy atom. The highest BCUT2D eigenvalue weighted by atomic mass is 32.2. The molecule has 0 saturated carbocycles. The first-order chi connectivity index (χ1) is 8.22. The van der Waals surface area contributed by atoms with E-state index in [2.05, 4.69) is 5.32 Å². The van der Waals surface area contributed by atoms with Gasteiger partial charge in [0.25, 0.3) is 0 Å². The minimum Gasteiger partial charge on any atom is -0.394 e. The van der Waals surface area contributed by atoms with Gasteiger partial charge in [0, 0.05) is 18.3 Å². The molecule has 6 heteroatoms. The van der Waals surface area contributed by atoms with Gasteiger partial charge in [-0.1, -0.05) is 6.92 Å². The predicted molar refractivity (Wildman–Crippen MR) is 75.6 cm³/mol. The first-order valence-electron chi connectivity index (χ1n) is 6.44. The number of rotatable bonds is 10. The van der Waals surface area contributed by atoms with Gasteiger partial charge in [0.2, 0.25) is 0 Å². The molecule has 0 aliphatic carbocycles. The third kappa shape index (κ3) is 8.85. The lowest BCUT2D eigenvalue weighted by Crippen LogP contribution is -2.46. The van der Waals surface area contributed by atoms with Crippen molar-refractivity contribution in [3.63, 3.8) is 0 Å². The van der Waals surface area contributed by atoms with Crippen molar-refractivity contribution in [2.45, 2.75) is 32.2 Å².